The molecule has 1 heterocycles. The number of aryl methyl sites for hydroxylation is 2. The van der Waals surface area contributed by atoms with Crippen molar-refractivity contribution < 1.29 is 0 Å². The highest BCUT2D eigenvalue weighted by Crippen LogP contribution is 2.09. The Hall–Kier alpha value is -1.59. The molecule has 1 aromatic carbocycles. The molecule has 5 nitrogen and oxygen atoms in total. The van der Waals surface area contributed by atoms with Gasteiger partial charge in [0.05, 0.1) is 0 Å². The lowest BCUT2D eigenvalue weighted by Gasteiger charge is -2.35. The Bertz CT molecular complexity index is 570. The third-order valence-corrected chi connectivity index (χ3v) is 5.31. The molecule has 2 rings (SSSR count). The summed E-state index contributed by atoms with van der Waals surface area (Å²) < 4.78 is 0. The fourth-order valence-electron chi connectivity index (χ4n) is 3.82. The van der Waals surface area contributed by atoms with Crippen molar-refractivity contribution in [3.63, 3.8) is 0 Å². The zero-order valence-corrected chi connectivity index (χ0v) is 18.0. The van der Waals surface area contributed by atoms with Crippen LogP contribution in [-0.2, 0) is 6.42 Å². The predicted molar refractivity (Wildman–Crippen MR) is 117 cm³/mol. The highest BCUT2D eigenvalue weighted by Gasteiger charge is 2.17. The minimum absolute atomic E-state index is 0.608. The van der Waals surface area contributed by atoms with Crippen LogP contribution in [-0.4, -0.2) is 75.2 Å². The van der Waals surface area contributed by atoms with E-state index in [2.05, 4.69) is 71.3 Å². The molecule has 2 N–H and O–H groups in total. The van der Waals surface area contributed by atoms with Crippen molar-refractivity contribution in [3.05, 3.63) is 34.9 Å². The van der Waals surface area contributed by atoms with Gasteiger partial charge in [-0.15, -0.1) is 0 Å². The fourth-order valence-corrected chi connectivity index (χ4v) is 3.82. The van der Waals surface area contributed by atoms with E-state index in [1.54, 1.807) is 0 Å². The molecule has 1 atom stereocenters. The first-order chi connectivity index (χ1) is 13.0. The van der Waals surface area contributed by atoms with Gasteiger partial charge in [-0.1, -0.05) is 43.2 Å². The molecule has 5 heteroatoms. The molecule has 1 fully saturated rings. The molecule has 0 aliphatic carbocycles. The second-order valence-corrected chi connectivity index (χ2v) is 7.97. The Morgan fingerprint density at radius 2 is 1.67 bits per heavy atom. The Labute approximate surface area is 166 Å². The van der Waals surface area contributed by atoms with Gasteiger partial charge in [-0.25, -0.2) is 0 Å². The monoisotopic (exact) mass is 373 g/mol. The molecule has 152 valence electrons. The summed E-state index contributed by atoms with van der Waals surface area (Å²) >= 11 is 0. The second-order valence-electron chi connectivity index (χ2n) is 7.97. The molecule has 0 spiro atoms. The average molecular weight is 374 g/mol. The standard InChI is InChI=1S/C22H39N5/c1-6-26-9-11-27(12-10-26)17-20(4)16-25-22(23-5)24-8-7-21-14-18(2)13-19(3)15-21/h13-15,20H,6-12,16-17H2,1-5H3,(H2,23,24,25). The van der Waals surface area contributed by atoms with Crippen molar-refractivity contribution in [3.8, 4) is 0 Å². The van der Waals surface area contributed by atoms with Crippen LogP contribution in [0.25, 0.3) is 0 Å². The van der Waals surface area contributed by atoms with Crippen LogP contribution in [0.5, 0.6) is 0 Å². The summed E-state index contributed by atoms with van der Waals surface area (Å²) in [6.45, 7) is 17.9. The molecule has 0 bridgehead atoms. The SMILES string of the molecule is CCN1CCN(CC(C)CNC(=NC)NCCc2cc(C)cc(C)c2)CC1. The number of rotatable bonds is 8. The number of likely N-dealkylation sites (N-methyl/N-ethyl adjacent to an activating group) is 1. The zero-order chi connectivity index (χ0) is 19.6. The summed E-state index contributed by atoms with van der Waals surface area (Å²) in [7, 11) is 1.85. The van der Waals surface area contributed by atoms with Crippen LogP contribution >= 0.6 is 0 Å². The Kier molecular flexibility index (Phi) is 9.08. The van der Waals surface area contributed by atoms with Gasteiger partial charge < -0.3 is 20.4 Å². The van der Waals surface area contributed by atoms with Crippen molar-refractivity contribution >= 4 is 5.96 Å². The first-order valence-corrected chi connectivity index (χ1v) is 10.5. The number of hydrogen-bond donors (Lipinski definition) is 2. The van der Waals surface area contributed by atoms with E-state index in [1.165, 1.54) is 49.4 Å². The first kappa shape index (κ1) is 21.7. The van der Waals surface area contributed by atoms with E-state index in [0.29, 0.717) is 5.92 Å². The topological polar surface area (TPSA) is 42.9 Å². The van der Waals surface area contributed by atoms with Crippen LogP contribution in [0.4, 0.5) is 0 Å². The molecule has 0 amide bonds. The maximum atomic E-state index is 4.37. The lowest BCUT2D eigenvalue weighted by Crippen LogP contribution is -2.48. The number of nitrogens with one attached hydrogen (secondary N) is 2. The van der Waals surface area contributed by atoms with Gasteiger partial charge in [0.1, 0.15) is 0 Å². The van der Waals surface area contributed by atoms with Crippen molar-refractivity contribution in [2.75, 3.05) is 59.4 Å². The zero-order valence-electron chi connectivity index (χ0n) is 18.0. The van der Waals surface area contributed by atoms with Crippen molar-refractivity contribution in [2.45, 2.75) is 34.1 Å². The minimum atomic E-state index is 0.608. The van der Waals surface area contributed by atoms with Crippen molar-refractivity contribution in [2.24, 2.45) is 10.9 Å². The Balaban J connectivity index is 1.66. The molecule has 1 unspecified atom stereocenters. The summed E-state index contributed by atoms with van der Waals surface area (Å²) in [5.41, 5.74) is 4.05. The third kappa shape index (κ3) is 7.89. The van der Waals surface area contributed by atoms with Gasteiger partial charge in [-0.3, -0.25) is 4.99 Å². The quantitative estimate of drug-likeness (QED) is 0.542. The minimum Gasteiger partial charge on any atom is -0.356 e. The van der Waals surface area contributed by atoms with E-state index < -0.39 is 0 Å². The van der Waals surface area contributed by atoms with Gasteiger partial charge >= 0.3 is 0 Å². The maximum Gasteiger partial charge on any atom is 0.190 e. The van der Waals surface area contributed by atoms with Crippen molar-refractivity contribution in [1.29, 1.82) is 0 Å². The van der Waals surface area contributed by atoms with E-state index in [9.17, 15) is 0 Å². The molecule has 0 saturated carbocycles. The van der Waals surface area contributed by atoms with Crippen LogP contribution in [0.1, 0.15) is 30.5 Å². The van der Waals surface area contributed by atoms with Gasteiger partial charge in [0.25, 0.3) is 0 Å². The smallest absolute Gasteiger partial charge is 0.190 e. The lowest BCUT2D eigenvalue weighted by atomic mass is 10.1. The molecule has 1 aliphatic rings. The molecular formula is C22H39N5. The maximum absolute atomic E-state index is 4.37. The Morgan fingerprint density at radius 3 is 2.26 bits per heavy atom. The first-order valence-electron chi connectivity index (χ1n) is 10.5. The number of piperazine rings is 1. The fraction of sp³-hybridized carbons (Fsp3) is 0.682. The number of hydrogen-bond acceptors (Lipinski definition) is 3. The van der Waals surface area contributed by atoms with E-state index >= 15 is 0 Å². The van der Waals surface area contributed by atoms with Gasteiger partial charge in [-0.2, -0.15) is 0 Å². The van der Waals surface area contributed by atoms with Crippen LogP contribution in [0.15, 0.2) is 23.2 Å². The van der Waals surface area contributed by atoms with Gasteiger partial charge in [0.15, 0.2) is 5.96 Å². The van der Waals surface area contributed by atoms with Crippen LogP contribution in [0, 0.1) is 19.8 Å². The molecule has 1 aliphatic heterocycles. The summed E-state index contributed by atoms with van der Waals surface area (Å²) in [6.07, 6.45) is 1.01. The summed E-state index contributed by atoms with van der Waals surface area (Å²) in [6, 6.07) is 6.76. The molecule has 0 radical (unpaired) electrons. The number of aliphatic imine (C=N–C) groups is 1. The van der Waals surface area contributed by atoms with Crippen LogP contribution in [0.3, 0.4) is 0 Å². The highest BCUT2D eigenvalue weighted by atomic mass is 15.3. The van der Waals surface area contributed by atoms with Crippen LogP contribution in [0.2, 0.25) is 0 Å². The molecule has 0 aromatic heterocycles. The molecule has 1 saturated heterocycles. The van der Waals surface area contributed by atoms with Crippen LogP contribution < -0.4 is 10.6 Å². The highest BCUT2D eigenvalue weighted by molar-refractivity contribution is 5.79. The number of guanidine groups is 1. The van der Waals surface area contributed by atoms with Crippen molar-refractivity contribution in [1.82, 2.24) is 20.4 Å². The normalized spacial score (nSPS) is 17.7. The average Bonchev–Trinajstić information content (AvgIpc) is 2.64. The van der Waals surface area contributed by atoms with E-state index in [0.717, 1.165) is 32.0 Å². The lowest BCUT2D eigenvalue weighted by molar-refractivity contribution is 0.124. The summed E-state index contributed by atoms with van der Waals surface area (Å²) in [5.74, 6) is 1.51. The number of benzene rings is 1. The van der Waals surface area contributed by atoms with E-state index in [1.807, 2.05) is 7.05 Å². The third-order valence-electron chi connectivity index (χ3n) is 5.31. The number of nitrogens with zero attached hydrogens (tertiary/aromatic N) is 3. The van der Waals surface area contributed by atoms with E-state index in [-0.39, 0.29) is 0 Å². The predicted octanol–water partition coefficient (Wildman–Crippen LogP) is 2.28. The van der Waals surface area contributed by atoms with Gasteiger partial charge in [0.2, 0.25) is 0 Å². The largest absolute Gasteiger partial charge is 0.356 e. The molecule has 27 heavy (non-hydrogen) atoms. The molecular weight excluding hydrogens is 334 g/mol. The van der Waals surface area contributed by atoms with E-state index in [4.69, 9.17) is 0 Å². The Morgan fingerprint density at radius 1 is 1.04 bits per heavy atom. The summed E-state index contributed by atoms with van der Waals surface area (Å²) in [4.78, 5) is 9.49. The second kappa shape index (κ2) is 11.3. The van der Waals surface area contributed by atoms with Gasteiger partial charge in [0, 0.05) is 52.9 Å². The molecule has 1 aromatic rings. The van der Waals surface area contributed by atoms with Gasteiger partial charge in [-0.05, 0) is 38.3 Å². The summed E-state index contributed by atoms with van der Waals surface area (Å²) in [5, 5.41) is 6.94.